The lowest BCUT2D eigenvalue weighted by atomic mass is 10.2. The fourth-order valence-corrected chi connectivity index (χ4v) is 2.40. The van der Waals surface area contributed by atoms with Crippen molar-refractivity contribution >= 4 is 29.0 Å². The van der Waals surface area contributed by atoms with Crippen LogP contribution in [0.1, 0.15) is 12.2 Å². The molecule has 2 aromatic carbocycles. The van der Waals surface area contributed by atoms with Crippen molar-refractivity contribution < 1.29 is 14.0 Å². The molecule has 1 heterocycles. The summed E-state index contributed by atoms with van der Waals surface area (Å²) in [5.41, 5.74) is 1.90. The van der Waals surface area contributed by atoms with Crippen molar-refractivity contribution in [1.29, 1.82) is 0 Å². The van der Waals surface area contributed by atoms with Crippen LogP contribution in [0.25, 0.3) is 0 Å². The van der Waals surface area contributed by atoms with E-state index in [-0.39, 0.29) is 11.9 Å². The molecule has 0 aliphatic carbocycles. The molecule has 0 spiro atoms. The van der Waals surface area contributed by atoms with Gasteiger partial charge in [0.2, 0.25) is 5.91 Å². The zero-order valence-electron chi connectivity index (χ0n) is 14.1. The first kappa shape index (κ1) is 17.3. The minimum absolute atomic E-state index is 0.118. The number of benzene rings is 2. The maximum Gasteiger partial charge on any atom is 0.323 e. The van der Waals surface area contributed by atoms with E-state index in [0.717, 1.165) is 5.76 Å². The number of para-hydroxylation sites is 1. The Hall–Kier alpha value is -3.54. The third kappa shape index (κ3) is 5.24. The molecule has 3 aromatic rings. The Morgan fingerprint density at radius 2 is 1.46 bits per heavy atom. The van der Waals surface area contributed by atoms with E-state index in [0.29, 0.717) is 29.9 Å². The van der Waals surface area contributed by atoms with Crippen LogP contribution in [0.15, 0.2) is 77.4 Å². The van der Waals surface area contributed by atoms with Crippen molar-refractivity contribution in [3.05, 3.63) is 78.8 Å². The number of amides is 3. The molecule has 0 saturated carbocycles. The highest BCUT2D eigenvalue weighted by Crippen LogP contribution is 2.16. The number of carbonyl (C=O) groups is 2. The molecule has 3 N–H and O–H groups in total. The summed E-state index contributed by atoms with van der Waals surface area (Å²) in [4.78, 5) is 24.1. The zero-order valence-corrected chi connectivity index (χ0v) is 14.1. The Morgan fingerprint density at radius 3 is 2.19 bits per heavy atom. The molecule has 26 heavy (non-hydrogen) atoms. The lowest BCUT2D eigenvalue weighted by Crippen LogP contribution is -2.19. The normalized spacial score (nSPS) is 10.2. The second kappa shape index (κ2) is 8.53. The topological polar surface area (TPSA) is 83.4 Å². The van der Waals surface area contributed by atoms with Gasteiger partial charge in [-0.1, -0.05) is 24.3 Å². The van der Waals surface area contributed by atoms with Gasteiger partial charge in [-0.2, -0.15) is 0 Å². The molecule has 6 nitrogen and oxygen atoms in total. The molecular weight excluding hydrogens is 330 g/mol. The molecular formula is C20H19N3O3. The first-order valence-electron chi connectivity index (χ1n) is 8.24. The summed E-state index contributed by atoms with van der Waals surface area (Å²) in [7, 11) is 0. The van der Waals surface area contributed by atoms with E-state index in [9.17, 15) is 9.59 Å². The lowest BCUT2D eigenvalue weighted by Gasteiger charge is -2.10. The fourth-order valence-electron chi connectivity index (χ4n) is 2.40. The van der Waals surface area contributed by atoms with Gasteiger partial charge >= 0.3 is 6.03 Å². The molecule has 0 unspecified atom stereocenters. The molecule has 3 amide bonds. The maximum absolute atomic E-state index is 12.0. The number of hydrogen-bond donors (Lipinski definition) is 3. The first-order chi connectivity index (χ1) is 12.7. The molecule has 0 aliphatic rings. The Morgan fingerprint density at radius 1 is 0.769 bits per heavy atom. The number of urea groups is 1. The lowest BCUT2D eigenvalue weighted by molar-refractivity contribution is -0.116. The van der Waals surface area contributed by atoms with E-state index < -0.39 is 0 Å². The summed E-state index contributed by atoms with van der Waals surface area (Å²) < 4.78 is 5.21. The van der Waals surface area contributed by atoms with Crippen molar-refractivity contribution in [3.8, 4) is 0 Å². The molecule has 0 bridgehead atoms. The van der Waals surface area contributed by atoms with Crippen molar-refractivity contribution in [1.82, 2.24) is 0 Å². The van der Waals surface area contributed by atoms with Gasteiger partial charge in [-0.15, -0.1) is 0 Å². The molecule has 0 aliphatic heterocycles. The third-order valence-corrected chi connectivity index (χ3v) is 3.61. The number of anilines is 3. The SMILES string of the molecule is O=C(CCc1ccco1)Nc1cccc(NC(=O)Nc2ccccc2)c1. The smallest absolute Gasteiger partial charge is 0.323 e. The van der Waals surface area contributed by atoms with E-state index in [1.54, 1.807) is 48.7 Å². The Kier molecular flexibility index (Phi) is 5.67. The average molecular weight is 349 g/mol. The Labute approximate surface area is 151 Å². The molecule has 0 fully saturated rings. The standard InChI is InChI=1S/C20H19N3O3/c24-19(12-11-18-10-5-13-26-18)21-16-8-4-9-17(14-16)23-20(25)22-15-6-2-1-3-7-15/h1-10,13-14H,11-12H2,(H,21,24)(H2,22,23,25). The predicted octanol–water partition coefficient (Wildman–Crippen LogP) is 4.49. The molecule has 0 radical (unpaired) electrons. The maximum atomic E-state index is 12.0. The van der Waals surface area contributed by atoms with Gasteiger partial charge in [-0.25, -0.2) is 4.79 Å². The molecule has 132 valence electrons. The fraction of sp³-hybridized carbons (Fsp3) is 0.100. The van der Waals surface area contributed by atoms with Crippen LogP contribution in [0.5, 0.6) is 0 Å². The number of nitrogens with one attached hydrogen (secondary N) is 3. The van der Waals surface area contributed by atoms with Crippen molar-refractivity contribution in [3.63, 3.8) is 0 Å². The average Bonchev–Trinajstić information content (AvgIpc) is 3.14. The summed E-state index contributed by atoms with van der Waals surface area (Å²) >= 11 is 0. The van der Waals surface area contributed by atoms with Crippen molar-refractivity contribution in [2.45, 2.75) is 12.8 Å². The molecule has 6 heteroatoms. The number of aryl methyl sites for hydroxylation is 1. The van der Waals surface area contributed by atoms with Gasteiger partial charge in [0.25, 0.3) is 0 Å². The monoisotopic (exact) mass is 349 g/mol. The van der Waals surface area contributed by atoms with E-state index in [4.69, 9.17) is 4.42 Å². The van der Waals surface area contributed by atoms with Gasteiger partial charge in [0, 0.05) is 29.9 Å². The van der Waals surface area contributed by atoms with Crippen LogP contribution in [0.3, 0.4) is 0 Å². The number of carbonyl (C=O) groups excluding carboxylic acids is 2. The van der Waals surface area contributed by atoms with Gasteiger partial charge < -0.3 is 20.4 Å². The van der Waals surface area contributed by atoms with E-state index in [1.807, 2.05) is 24.3 Å². The minimum atomic E-state index is -0.350. The second-order valence-corrected chi connectivity index (χ2v) is 5.65. The number of furan rings is 1. The van der Waals surface area contributed by atoms with E-state index in [2.05, 4.69) is 16.0 Å². The highest BCUT2D eigenvalue weighted by molar-refractivity contribution is 6.00. The highest BCUT2D eigenvalue weighted by atomic mass is 16.3. The quantitative estimate of drug-likeness (QED) is 0.613. The summed E-state index contributed by atoms with van der Waals surface area (Å²) in [5.74, 6) is 0.653. The Balaban J connectivity index is 1.52. The first-order valence-corrected chi connectivity index (χ1v) is 8.24. The van der Waals surface area contributed by atoms with Gasteiger partial charge in [0.1, 0.15) is 5.76 Å². The third-order valence-electron chi connectivity index (χ3n) is 3.61. The van der Waals surface area contributed by atoms with Crippen LogP contribution in [0.2, 0.25) is 0 Å². The summed E-state index contributed by atoms with van der Waals surface area (Å²) in [6.45, 7) is 0. The van der Waals surface area contributed by atoms with Gasteiger partial charge in [0.05, 0.1) is 6.26 Å². The molecule has 0 atom stereocenters. The van der Waals surface area contributed by atoms with Gasteiger partial charge in [-0.3, -0.25) is 4.79 Å². The van der Waals surface area contributed by atoms with Crippen molar-refractivity contribution in [2.75, 3.05) is 16.0 Å². The van der Waals surface area contributed by atoms with Crippen LogP contribution in [-0.4, -0.2) is 11.9 Å². The van der Waals surface area contributed by atoms with Crippen LogP contribution in [0.4, 0.5) is 21.9 Å². The zero-order chi connectivity index (χ0) is 18.2. The Bertz CT molecular complexity index is 861. The van der Waals surface area contributed by atoms with Crippen LogP contribution in [0, 0.1) is 0 Å². The summed E-state index contributed by atoms with van der Waals surface area (Å²) in [5, 5.41) is 8.30. The summed E-state index contributed by atoms with van der Waals surface area (Å²) in [6, 6.07) is 19.4. The van der Waals surface area contributed by atoms with E-state index in [1.165, 1.54) is 0 Å². The number of hydrogen-bond acceptors (Lipinski definition) is 3. The molecule has 1 aromatic heterocycles. The van der Waals surface area contributed by atoms with Gasteiger partial charge in [-0.05, 0) is 42.5 Å². The van der Waals surface area contributed by atoms with Crippen LogP contribution < -0.4 is 16.0 Å². The second-order valence-electron chi connectivity index (χ2n) is 5.65. The van der Waals surface area contributed by atoms with Crippen LogP contribution >= 0.6 is 0 Å². The van der Waals surface area contributed by atoms with E-state index >= 15 is 0 Å². The summed E-state index contributed by atoms with van der Waals surface area (Å²) in [6.07, 6.45) is 2.44. The molecule has 0 saturated heterocycles. The predicted molar refractivity (Wildman–Crippen MR) is 101 cm³/mol. The van der Waals surface area contributed by atoms with Crippen LogP contribution in [-0.2, 0) is 11.2 Å². The number of rotatable bonds is 6. The van der Waals surface area contributed by atoms with Gasteiger partial charge in [0.15, 0.2) is 0 Å². The van der Waals surface area contributed by atoms with Crippen molar-refractivity contribution in [2.24, 2.45) is 0 Å². The largest absolute Gasteiger partial charge is 0.469 e. The molecule has 3 rings (SSSR count). The highest BCUT2D eigenvalue weighted by Gasteiger charge is 2.07. The minimum Gasteiger partial charge on any atom is -0.469 e.